The van der Waals surface area contributed by atoms with Crippen LogP contribution < -0.4 is 42.4 Å². The minimum Gasteiger partial charge on any atom is -0.487 e. The van der Waals surface area contributed by atoms with Crippen molar-refractivity contribution < 1.29 is 32.3 Å². The van der Waals surface area contributed by atoms with Crippen LogP contribution in [0.1, 0.15) is 81.2 Å². The van der Waals surface area contributed by atoms with Gasteiger partial charge >= 0.3 is 6.09 Å². The molecule has 0 fully saturated rings. The monoisotopic (exact) mass is 716 g/mol. The number of hydrogen-bond donors (Lipinski definition) is 8. The molecule has 0 bridgehead atoms. The van der Waals surface area contributed by atoms with Crippen LogP contribution in [0.5, 0.6) is 5.75 Å². The van der Waals surface area contributed by atoms with E-state index in [1.54, 1.807) is 38.1 Å². The van der Waals surface area contributed by atoms with Gasteiger partial charge in [0.25, 0.3) is 15.9 Å². The molecule has 0 saturated heterocycles. The van der Waals surface area contributed by atoms with E-state index < -0.39 is 40.0 Å². The number of rotatable bonds is 14. The predicted molar refractivity (Wildman–Crippen MR) is 191 cm³/mol. The summed E-state index contributed by atoms with van der Waals surface area (Å²) in [5, 5.41) is 16.2. The van der Waals surface area contributed by atoms with E-state index in [0.717, 1.165) is 23.3 Å². The largest absolute Gasteiger partial charge is 0.487 e. The highest BCUT2D eigenvalue weighted by Crippen LogP contribution is 2.42. The highest BCUT2D eigenvalue weighted by Gasteiger charge is 2.33. The number of nitrogens with one attached hydrogen (secondary N) is 6. The average molecular weight is 717 g/mol. The molecule has 0 saturated carbocycles. The summed E-state index contributed by atoms with van der Waals surface area (Å²) in [6.07, 6.45) is 1.75. The Kier molecular flexibility index (Phi) is 13.6. The molecule has 3 amide bonds. The molecule has 2 aromatic carbocycles. The normalized spacial score (nSPS) is 14.8. The number of fused-ring (bicyclic) bond motifs is 1. The molecule has 2 aromatic rings. The third-order valence-corrected chi connectivity index (χ3v) is 10.2. The average Bonchev–Trinajstić information content (AvgIpc) is 3.03. The van der Waals surface area contributed by atoms with Crippen molar-refractivity contribution in [2.75, 3.05) is 11.9 Å². The number of carbonyl (C=O) groups is 3. The summed E-state index contributed by atoms with van der Waals surface area (Å²) < 4.78 is 40.5. The minimum atomic E-state index is -4.06. The van der Waals surface area contributed by atoms with Gasteiger partial charge in [-0.3, -0.25) is 20.4 Å². The number of hydrogen-bond acceptors (Lipinski definition) is 10. The molecule has 1 aliphatic heterocycles. The second kappa shape index (κ2) is 17.0. The maximum Gasteiger partial charge on any atom is 0.408 e. The predicted octanol–water partition coefficient (Wildman–Crippen LogP) is 2.90. The van der Waals surface area contributed by atoms with Crippen molar-refractivity contribution in [3.63, 3.8) is 0 Å². The van der Waals surface area contributed by atoms with Crippen molar-refractivity contribution in [1.82, 2.24) is 20.8 Å². The number of amides is 3. The van der Waals surface area contributed by atoms with Crippen LogP contribution in [0.4, 0.5) is 10.5 Å². The Balaban J connectivity index is 1.44. The van der Waals surface area contributed by atoms with Gasteiger partial charge < -0.3 is 31.2 Å². The first kappa shape index (κ1) is 40.0. The number of anilines is 1. The van der Waals surface area contributed by atoms with Crippen LogP contribution >= 0.6 is 0 Å². The summed E-state index contributed by atoms with van der Waals surface area (Å²) in [7, 11) is -4.06. The SMILES string of the molecule is Cc1c(C)c(S(=O)(=O)NC(=N)NCCC[C@H](N)C(=O)Nc2ccc(COC(=O)N[C@H](CC(C)C)C(=O)NN)cc2)c(C)c2c1OC(C)(C)CC2. The number of benzene rings is 2. The van der Waals surface area contributed by atoms with Gasteiger partial charge in [0.15, 0.2) is 0 Å². The Hall–Kier alpha value is -4.41. The molecule has 0 aliphatic carbocycles. The van der Waals surface area contributed by atoms with Crippen molar-refractivity contribution in [2.45, 2.75) is 110 Å². The molecule has 0 unspecified atom stereocenters. The number of alkyl carbamates (subject to hydrolysis) is 1. The summed E-state index contributed by atoms with van der Waals surface area (Å²) in [5.41, 5.74) is 11.7. The Bertz CT molecular complexity index is 1680. The maximum atomic E-state index is 13.4. The van der Waals surface area contributed by atoms with E-state index in [-0.39, 0.29) is 41.9 Å². The number of nitrogens with two attached hydrogens (primary N) is 2. The molecular weight excluding hydrogens is 664 g/mol. The van der Waals surface area contributed by atoms with E-state index in [0.29, 0.717) is 41.6 Å². The Morgan fingerprint density at radius 3 is 2.32 bits per heavy atom. The molecule has 1 heterocycles. The number of ether oxygens (including phenoxy) is 2. The van der Waals surface area contributed by atoms with Crippen LogP contribution in [-0.4, -0.2) is 56.5 Å². The molecule has 0 aromatic heterocycles. The van der Waals surface area contributed by atoms with Crippen LogP contribution in [0.25, 0.3) is 0 Å². The van der Waals surface area contributed by atoms with Gasteiger partial charge in [-0.05, 0) is 113 Å². The van der Waals surface area contributed by atoms with Gasteiger partial charge in [-0.15, -0.1) is 0 Å². The van der Waals surface area contributed by atoms with Crippen molar-refractivity contribution >= 4 is 39.6 Å². The van der Waals surface area contributed by atoms with Gasteiger partial charge in [-0.25, -0.2) is 23.8 Å². The summed E-state index contributed by atoms with van der Waals surface area (Å²) in [6, 6.07) is 4.95. The van der Waals surface area contributed by atoms with E-state index in [4.69, 9.17) is 26.5 Å². The molecule has 10 N–H and O–H groups in total. The van der Waals surface area contributed by atoms with Gasteiger partial charge in [0.05, 0.1) is 10.9 Å². The quantitative estimate of drug-likeness (QED) is 0.0355. The molecule has 0 spiro atoms. The van der Waals surface area contributed by atoms with Crippen molar-refractivity contribution in [3.05, 3.63) is 52.1 Å². The lowest BCUT2D eigenvalue weighted by molar-refractivity contribution is -0.123. The molecule has 50 heavy (non-hydrogen) atoms. The number of guanidine groups is 1. The topological polar surface area (TPSA) is 240 Å². The van der Waals surface area contributed by atoms with E-state index in [2.05, 4.69) is 20.7 Å². The third kappa shape index (κ3) is 10.8. The van der Waals surface area contributed by atoms with Crippen molar-refractivity contribution in [3.8, 4) is 5.75 Å². The summed E-state index contributed by atoms with van der Waals surface area (Å²) >= 11 is 0. The second-order valence-corrected chi connectivity index (χ2v) is 15.2. The molecule has 276 valence electrons. The smallest absolute Gasteiger partial charge is 0.408 e. The van der Waals surface area contributed by atoms with Crippen LogP contribution in [-0.2, 0) is 37.4 Å². The molecular formula is C34H52N8O7S. The number of sulfonamides is 1. The standard InChI is InChI=1S/C34H52N8O7S/c1-19(2)17-27(31(44)41-37)40-33(45)48-18-23-10-12-24(13-11-23)39-30(43)26(35)9-8-16-38-32(36)42-50(46,47)29-21(4)20(3)28-25(22(29)5)14-15-34(6,7)49-28/h10-13,19,26-27H,8-9,14-18,35,37H2,1-7H3,(H,39,43)(H,40,45)(H,41,44)(H3,36,38,42)/t26-,27+/m0/s1. The summed E-state index contributed by atoms with van der Waals surface area (Å²) in [4.78, 5) is 36.9. The first-order valence-electron chi connectivity index (χ1n) is 16.6. The van der Waals surface area contributed by atoms with Crippen LogP contribution in [0, 0.1) is 32.1 Å². The zero-order chi connectivity index (χ0) is 37.4. The van der Waals surface area contributed by atoms with Gasteiger partial charge in [0, 0.05) is 12.2 Å². The molecule has 16 heteroatoms. The maximum absolute atomic E-state index is 13.4. The fraction of sp³-hybridized carbons (Fsp3) is 0.529. The first-order valence-corrected chi connectivity index (χ1v) is 18.1. The van der Waals surface area contributed by atoms with E-state index in [9.17, 15) is 22.8 Å². The second-order valence-electron chi connectivity index (χ2n) is 13.6. The van der Waals surface area contributed by atoms with E-state index in [1.165, 1.54) is 0 Å². The van der Waals surface area contributed by atoms with Crippen LogP contribution in [0.2, 0.25) is 0 Å². The lowest BCUT2D eigenvalue weighted by Crippen LogP contribution is -2.49. The fourth-order valence-electron chi connectivity index (χ4n) is 5.69. The molecule has 1 aliphatic rings. The number of hydrazine groups is 1. The first-order chi connectivity index (χ1) is 23.3. The van der Waals surface area contributed by atoms with Gasteiger partial charge in [0.1, 0.15) is 24.0 Å². The van der Waals surface area contributed by atoms with E-state index >= 15 is 0 Å². The van der Waals surface area contributed by atoms with Crippen molar-refractivity contribution in [1.29, 1.82) is 5.41 Å². The van der Waals surface area contributed by atoms with Crippen LogP contribution in [0.3, 0.4) is 0 Å². The van der Waals surface area contributed by atoms with E-state index in [1.807, 2.05) is 40.0 Å². The van der Waals surface area contributed by atoms with Gasteiger partial charge in [0.2, 0.25) is 11.9 Å². The zero-order valence-corrected chi connectivity index (χ0v) is 30.7. The van der Waals surface area contributed by atoms with Crippen LogP contribution in [0.15, 0.2) is 29.2 Å². The van der Waals surface area contributed by atoms with Gasteiger partial charge in [-0.1, -0.05) is 26.0 Å². The third-order valence-electron chi connectivity index (χ3n) is 8.55. The molecule has 15 nitrogen and oxygen atoms in total. The highest BCUT2D eigenvalue weighted by molar-refractivity contribution is 7.90. The lowest BCUT2D eigenvalue weighted by Gasteiger charge is -2.35. The Morgan fingerprint density at radius 2 is 1.70 bits per heavy atom. The Morgan fingerprint density at radius 1 is 1.04 bits per heavy atom. The summed E-state index contributed by atoms with van der Waals surface area (Å²) in [6.45, 7) is 13.4. The minimum absolute atomic E-state index is 0.0595. The molecule has 3 rings (SSSR count). The summed E-state index contributed by atoms with van der Waals surface area (Å²) in [5.74, 6) is 4.76. The zero-order valence-electron chi connectivity index (χ0n) is 29.9. The van der Waals surface area contributed by atoms with Gasteiger partial charge in [-0.2, -0.15) is 0 Å². The molecule has 0 radical (unpaired) electrons. The fourth-order valence-corrected chi connectivity index (χ4v) is 7.22. The molecule has 2 atom stereocenters. The Labute approximate surface area is 294 Å². The highest BCUT2D eigenvalue weighted by atomic mass is 32.2. The van der Waals surface area contributed by atoms with Crippen molar-refractivity contribution in [2.24, 2.45) is 17.5 Å². The lowest BCUT2D eigenvalue weighted by atomic mass is 9.88. The number of carbonyl (C=O) groups excluding carboxylic acids is 3.